The van der Waals surface area contributed by atoms with Crippen molar-refractivity contribution in [3.63, 3.8) is 0 Å². The standard InChI is InChI=1S/C10H9F/c11-10-6-5-8-3-1-2-4-9(8)7-10/h2,4-7H,1,3H2. The summed E-state index contributed by atoms with van der Waals surface area (Å²) in [6, 6.07) is 4.98. The van der Waals surface area contributed by atoms with Gasteiger partial charge in [-0.2, -0.15) is 0 Å². The summed E-state index contributed by atoms with van der Waals surface area (Å²) in [6.45, 7) is 0. The normalized spacial score (nSPS) is 14.6. The van der Waals surface area contributed by atoms with Gasteiger partial charge in [-0.15, -0.1) is 0 Å². The van der Waals surface area contributed by atoms with Crippen molar-refractivity contribution < 1.29 is 4.39 Å². The Labute approximate surface area is 65.4 Å². The van der Waals surface area contributed by atoms with Crippen molar-refractivity contribution in [2.24, 2.45) is 0 Å². The maximum Gasteiger partial charge on any atom is 0.123 e. The highest BCUT2D eigenvalue weighted by atomic mass is 19.1. The van der Waals surface area contributed by atoms with Gasteiger partial charge in [0.05, 0.1) is 0 Å². The zero-order valence-electron chi connectivity index (χ0n) is 6.18. The van der Waals surface area contributed by atoms with Crippen molar-refractivity contribution in [1.82, 2.24) is 0 Å². The first-order valence-corrected chi connectivity index (χ1v) is 3.81. The van der Waals surface area contributed by atoms with E-state index in [9.17, 15) is 4.39 Å². The minimum atomic E-state index is -0.143. The third-order valence-electron chi connectivity index (χ3n) is 1.99. The van der Waals surface area contributed by atoms with Crippen molar-refractivity contribution in [3.8, 4) is 0 Å². The first kappa shape index (κ1) is 6.59. The molecule has 1 heteroatoms. The molecule has 0 fully saturated rings. The predicted molar refractivity (Wildman–Crippen MR) is 43.8 cm³/mol. The molecule has 0 radical (unpaired) electrons. The second-order valence-electron chi connectivity index (χ2n) is 2.78. The Morgan fingerprint density at radius 1 is 1.27 bits per heavy atom. The smallest absolute Gasteiger partial charge is 0.123 e. The molecule has 2 rings (SSSR count). The van der Waals surface area contributed by atoms with E-state index in [4.69, 9.17) is 0 Å². The van der Waals surface area contributed by atoms with Crippen LogP contribution in [0.4, 0.5) is 4.39 Å². The summed E-state index contributed by atoms with van der Waals surface area (Å²) in [5.74, 6) is -0.143. The number of aryl methyl sites for hydroxylation is 1. The third kappa shape index (κ3) is 1.18. The van der Waals surface area contributed by atoms with Crippen LogP contribution in [0.15, 0.2) is 24.3 Å². The van der Waals surface area contributed by atoms with Crippen LogP contribution in [0.1, 0.15) is 17.5 Å². The van der Waals surface area contributed by atoms with Gasteiger partial charge in [0.1, 0.15) is 5.82 Å². The van der Waals surface area contributed by atoms with Gasteiger partial charge in [0, 0.05) is 0 Å². The van der Waals surface area contributed by atoms with Gasteiger partial charge in [0.25, 0.3) is 0 Å². The monoisotopic (exact) mass is 148 g/mol. The van der Waals surface area contributed by atoms with Crippen molar-refractivity contribution in [2.45, 2.75) is 12.8 Å². The van der Waals surface area contributed by atoms with E-state index in [1.54, 1.807) is 6.07 Å². The summed E-state index contributed by atoms with van der Waals surface area (Å²) in [4.78, 5) is 0. The molecule has 0 aliphatic heterocycles. The third-order valence-corrected chi connectivity index (χ3v) is 1.99. The van der Waals surface area contributed by atoms with Gasteiger partial charge >= 0.3 is 0 Å². The van der Waals surface area contributed by atoms with Gasteiger partial charge in [-0.1, -0.05) is 18.2 Å². The van der Waals surface area contributed by atoms with Crippen LogP contribution in [-0.2, 0) is 6.42 Å². The summed E-state index contributed by atoms with van der Waals surface area (Å²) >= 11 is 0. The van der Waals surface area contributed by atoms with E-state index in [2.05, 4.69) is 6.08 Å². The number of fused-ring (bicyclic) bond motifs is 1. The van der Waals surface area contributed by atoms with E-state index >= 15 is 0 Å². The quantitative estimate of drug-likeness (QED) is 0.530. The van der Waals surface area contributed by atoms with Gasteiger partial charge in [0.15, 0.2) is 0 Å². The van der Waals surface area contributed by atoms with Gasteiger partial charge < -0.3 is 0 Å². The first-order valence-electron chi connectivity index (χ1n) is 3.81. The van der Waals surface area contributed by atoms with E-state index in [1.165, 1.54) is 11.6 Å². The highest BCUT2D eigenvalue weighted by Gasteiger charge is 2.03. The molecular formula is C10H9F. The lowest BCUT2D eigenvalue weighted by molar-refractivity contribution is 0.626. The van der Waals surface area contributed by atoms with Crippen LogP contribution in [0.3, 0.4) is 0 Å². The Kier molecular flexibility index (Phi) is 1.50. The van der Waals surface area contributed by atoms with E-state index in [1.807, 2.05) is 12.1 Å². The number of benzene rings is 1. The molecule has 0 bridgehead atoms. The number of hydrogen-bond acceptors (Lipinski definition) is 0. The number of allylic oxidation sites excluding steroid dienone is 1. The fourth-order valence-electron chi connectivity index (χ4n) is 1.40. The zero-order chi connectivity index (χ0) is 7.68. The SMILES string of the molecule is Fc1ccc2c(c1)C=CCC2. The molecule has 0 amide bonds. The lowest BCUT2D eigenvalue weighted by atomic mass is 9.98. The Morgan fingerprint density at radius 3 is 3.09 bits per heavy atom. The number of halogens is 1. The molecule has 1 aromatic carbocycles. The van der Waals surface area contributed by atoms with Crippen LogP contribution in [-0.4, -0.2) is 0 Å². The van der Waals surface area contributed by atoms with E-state index in [0.717, 1.165) is 18.4 Å². The second-order valence-corrected chi connectivity index (χ2v) is 2.78. The van der Waals surface area contributed by atoms with Gasteiger partial charge in [0.2, 0.25) is 0 Å². The van der Waals surface area contributed by atoms with Crippen molar-refractivity contribution in [1.29, 1.82) is 0 Å². The zero-order valence-corrected chi connectivity index (χ0v) is 6.18. The van der Waals surface area contributed by atoms with Crippen molar-refractivity contribution in [3.05, 3.63) is 41.2 Å². The summed E-state index contributed by atoms with van der Waals surface area (Å²) in [5.41, 5.74) is 2.30. The average molecular weight is 148 g/mol. The predicted octanol–water partition coefficient (Wildman–Crippen LogP) is 2.79. The summed E-state index contributed by atoms with van der Waals surface area (Å²) < 4.78 is 12.7. The molecule has 0 nitrogen and oxygen atoms in total. The van der Waals surface area contributed by atoms with Crippen LogP contribution >= 0.6 is 0 Å². The highest BCUT2D eigenvalue weighted by molar-refractivity contribution is 5.56. The van der Waals surface area contributed by atoms with Crippen LogP contribution < -0.4 is 0 Å². The molecule has 56 valence electrons. The minimum Gasteiger partial charge on any atom is -0.207 e. The highest BCUT2D eigenvalue weighted by Crippen LogP contribution is 2.19. The average Bonchev–Trinajstić information content (AvgIpc) is 2.04. The molecule has 11 heavy (non-hydrogen) atoms. The number of rotatable bonds is 0. The maximum absolute atomic E-state index is 12.7. The van der Waals surface area contributed by atoms with Crippen LogP contribution in [0.25, 0.3) is 6.08 Å². The molecule has 0 unspecified atom stereocenters. The second kappa shape index (κ2) is 2.50. The molecule has 0 N–H and O–H groups in total. The minimum absolute atomic E-state index is 0.143. The molecule has 0 atom stereocenters. The van der Waals surface area contributed by atoms with Crippen LogP contribution in [0, 0.1) is 5.82 Å². The van der Waals surface area contributed by atoms with Crippen LogP contribution in [0.2, 0.25) is 0 Å². The van der Waals surface area contributed by atoms with Crippen molar-refractivity contribution in [2.75, 3.05) is 0 Å². The molecule has 1 aliphatic rings. The van der Waals surface area contributed by atoms with Gasteiger partial charge in [-0.05, 0) is 36.1 Å². The molecule has 0 heterocycles. The van der Waals surface area contributed by atoms with E-state index < -0.39 is 0 Å². The summed E-state index contributed by atoms with van der Waals surface area (Å²) in [6.07, 6.45) is 6.20. The van der Waals surface area contributed by atoms with Crippen molar-refractivity contribution >= 4 is 6.08 Å². The lowest BCUT2D eigenvalue weighted by Crippen LogP contribution is -1.93. The first-order chi connectivity index (χ1) is 5.36. The lowest BCUT2D eigenvalue weighted by Gasteiger charge is -2.08. The fourth-order valence-corrected chi connectivity index (χ4v) is 1.40. The Bertz CT molecular complexity index is 300. The maximum atomic E-state index is 12.7. The fraction of sp³-hybridized carbons (Fsp3) is 0.200. The van der Waals surface area contributed by atoms with E-state index in [0.29, 0.717) is 0 Å². The Morgan fingerprint density at radius 2 is 2.18 bits per heavy atom. The van der Waals surface area contributed by atoms with E-state index in [-0.39, 0.29) is 5.82 Å². The molecule has 1 aromatic rings. The van der Waals surface area contributed by atoms with Crippen LogP contribution in [0.5, 0.6) is 0 Å². The topological polar surface area (TPSA) is 0 Å². The number of hydrogen-bond donors (Lipinski definition) is 0. The van der Waals surface area contributed by atoms with Gasteiger partial charge in [-0.3, -0.25) is 0 Å². The molecular weight excluding hydrogens is 139 g/mol. The summed E-state index contributed by atoms with van der Waals surface area (Å²) in [7, 11) is 0. The molecule has 1 aliphatic carbocycles. The molecule has 0 spiro atoms. The molecule has 0 aromatic heterocycles. The molecule has 0 saturated carbocycles. The summed E-state index contributed by atoms with van der Waals surface area (Å²) in [5, 5.41) is 0. The Hall–Kier alpha value is -1.11. The van der Waals surface area contributed by atoms with Gasteiger partial charge in [-0.25, -0.2) is 4.39 Å². The largest absolute Gasteiger partial charge is 0.207 e. The Balaban J connectivity index is 2.54. The molecule has 0 saturated heterocycles.